The van der Waals surface area contributed by atoms with Crippen LogP contribution in [0, 0.1) is 6.92 Å². The van der Waals surface area contributed by atoms with E-state index in [1.165, 1.54) is 6.92 Å². The molecule has 27 heavy (non-hydrogen) atoms. The number of aryl methyl sites for hydroxylation is 1. The number of amides is 2. The molecule has 2 amide bonds. The van der Waals surface area contributed by atoms with E-state index in [1.54, 1.807) is 43.1 Å². The molecule has 1 atom stereocenters. The van der Waals surface area contributed by atoms with Crippen molar-refractivity contribution >= 4 is 29.0 Å². The number of ketones is 1. The summed E-state index contributed by atoms with van der Waals surface area (Å²) in [6.07, 6.45) is 0. The summed E-state index contributed by atoms with van der Waals surface area (Å²) in [6.45, 7) is 5.30. The van der Waals surface area contributed by atoms with Gasteiger partial charge >= 0.3 is 0 Å². The lowest BCUT2D eigenvalue weighted by atomic mass is 10.1. The highest BCUT2D eigenvalue weighted by atomic mass is 16.2. The summed E-state index contributed by atoms with van der Waals surface area (Å²) >= 11 is 0. The number of likely N-dealkylation sites (N-methyl/N-ethyl adjacent to an activating group) is 1. The summed E-state index contributed by atoms with van der Waals surface area (Å²) in [4.78, 5) is 37.5. The van der Waals surface area contributed by atoms with Crippen LogP contribution in [0.3, 0.4) is 0 Å². The molecule has 2 N–H and O–H groups in total. The molecule has 0 bridgehead atoms. The zero-order valence-electron chi connectivity index (χ0n) is 16.1. The molecule has 0 aliphatic heterocycles. The largest absolute Gasteiger partial charge is 0.325 e. The predicted molar refractivity (Wildman–Crippen MR) is 107 cm³/mol. The Hall–Kier alpha value is -2.99. The van der Waals surface area contributed by atoms with Gasteiger partial charge < -0.3 is 10.6 Å². The topological polar surface area (TPSA) is 78.5 Å². The summed E-state index contributed by atoms with van der Waals surface area (Å²) in [5.41, 5.74) is 3.04. The maximum Gasteiger partial charge on any atom is 0.241 e. The van der Waals surface area contributed by atoms with Gasteiger partial charge in [-0.3, -0.25) is 19.3 Å². The Labute approximate surface area is 159 Å². The third-order valence-electron chi connectivity index (χ3n) is 4.33. The third-order valence-corrected chi connectivity index (χ3v) is 4.33. The molecule has 0 radical (unpaired) electrons. The number of anilines is 2. The number of nitrogens with one attached hydrogen (secondary N) is 2. The summed E-state index contributed by atoms with van der Waals surface area (Å²) in [6, 6.07) is 13.7. The van der Waals surface area contributed by atoms with E-state index in [1.807, 2.05) is 31.2 Å². The number of hydrogen-bond donors (Lipinski definition) is 2. The molecule has 0 saturated heterocycles. The first kappa shape index (κ1) is 20.3. The second-order valence-corrected chi connectivity index (χ2v) is 6.63. The number of rotatable bonds is 7. The first-order chi connectivity index (χ1) is 12.8. The van der Waals surface area contributed by atoms with Gasteiger partial charge in [0, 0.05) is 16.9 Å². The van der Waals surface area contributed by atoms with Crippen LogP contribution in [0.5, 0.6) is 0 Å². The van der Waals surface area contributed by atoms with Gasteiger partial charge in [-0.1, -0.05) is 17.7 Å². The van der Waals surface area contributed by atoms with E-state index < -0.39 is 6.04 Å². The van der Waals surface area contributed by atoms with Gasteiger partial charge in [0.25, 0.3) is 0 Å². The Bertz CT molecular complexity index is 814. The first-order valence-corrected chi connectivity index (χ1v) is 8.75. The summed E-state index contributed by atoms with van der Waals surface area (Å²) in [5, 5.41) is 5.61. The van der Waals surface area contributed by atoms with Crippen molar-refractivity contribution in [3.05, 3.63) is 59.7 Å². The van der Waals surface area contributed by atoms with E-state index in [2.05, 4.69) is 10.6 Å². The molecule has 142 valence electrons. The maximum atomic E-state index is 12.4. The predicted octanol–water partition coefficient (Wildman–Crippen LogP) is 3.10. The molecule has 0 unspecified atom stereocenters. The lowest BCUT2D eigenvalue weighted by Crippen LogP contribution is -2.43. The van der Waals surface area contributed by atoms with Crippen LogP contribution in [0.2, 0.25) is 0 Å². The van der Waals surface area contributed by atoms with Gasteiger partial charge in [0.15, 0.2) is 5.78 Å². The van der Waals surface area contributed by atoms with Crippen molar-refractivity contribution in [2.75, 3.05) is 24.2 Å². The van der Waals surface area contributed by atoms with E-state index >= 15 is 0 Å². The number of Topliss-reactive ketones (excluding diaryl/α,β-unsaturated/α-hetero) is 1. The smallest absolute Gasteiger partial charge is 0.241 e. The van der Waals surface area contributed by atoms with Crippen LogP contribution in [0.25, 0.3) is 0 Å². The van der Waals surface area contributed by atoms with Gasteiger partial charge in [-0.2, -0.15) is 0 Å². The maximum absolute atomic E-state index is 12.4. The highest BCUT2D eigenvalue weighted by Crippen LogP contribution is 2.12. The molecule has 2 aromatic rings. The number of carbonyl (C=O) groups excluding carboxylic acids is 3. The molecular weight excluding hydrogens is 342 g/mol. The van der Waals surface area contributed by atoms with Crippen molar-refractivity contribution in [1.29, 1.82) is 0 Å². The SMILES string of the molecule is CC(=O)c1ccc(NC(=O)[C@@H](C)N(C)CC(=O)Nc2ccc(C)cc2)cc1. The zero-order valence-corrected chi connectivity index (χ0v) is 16.1. The van der Waals surface area contributed by atoms with E-state index in [-0.39, 0.29) is 24.1 Å². The second kappa shape index (κ2) is 9.09. The molecule has 0 heterocycles. The molecule has 0 fully saturated rings. The first-order valence-electron chi connectivity index (χ1n) is 8.75. The third kappa shape index (κ3) is 6.04. The van der Waals surface area contributed by atoms with Gasteiger partial charge in [0.2, 0.25) is 11.8 Å². The average Bonchev–Trinajstić information content (AvgIpc) is 2.63. The van der Waals surface area contributed by atoms with Gasteiger partial charge in [-0.05, 0) is 64.2 Å². The van der Waals surface area contributed by atoms with Crippen molar-refractivity contribution < 1.29 is 14.4 Å². The standard InChI is InChI=1S/C21H25N3O3/c1-14-5-9-18(10-6-14)22-20(26)13-24(4)15(2)21(27)23-19-11-7-17(8-12-19)16(3)25/h5-12,15H,13H2,1-4H3,(H,22,26)(H,23,27)/t15-/m1/s1. The molecule has 0 spiro atoms. The lowest BCUT2D eigenvalue weighted by molar-refractivity contribution is -0.122. The Morgan fingerprint density at radius 3 is 2.00 bits per heavy atom. The monoisotopic (exact) mass is 367 g/mol. The summed E-state index contributed by atoms with van der Waals surface area (Å²) in [5.74, 6) is -0.441. The van der Waals surface area contributed by atoms with Gasteiger partial charge in [0.05, 0.1) is 12.6 Å². The van der Waals surface area contributed by atoms with Crippen LogP contribution < -0.4 is 10.6 Å². The van der Waals surface area contributed by atoms with Crippen molar-refractivity contribution in [2.24, 2.45) is 0 Å². The highest BCUT2D eigenvalue weighted by Gasteiger charge is 2.20. The van der Waals surface area contributed by atoms with Crippen LogP contribution in [-0.4, -0.2) is 42.1 Å². The van der Waals surface area contributed by atoms with Crippen LogP contribution in [0.1, 0.15) is 29.8 Å². The summed E-state index contributed by atoms with van der Waals surface area (Å²) < 4.78 is 0. The Balaban J connectivity index is 1.88. The van der Waals surface area contributed by atoms with Crippen LogP contribution in [0.4, 0.5) is 11.4 Å². The van der Waals surface area contributed by atoms with Crippen LogP contribution in [0.15, 0.2) is 48.5 Å². The molecule has 0 aromatic heterocycles. The van der Waals surface area contributed by atoms with Crippen molar-refractivity contribution in [3.63, 3.8) is 0 Å². The van der Waals surface area contributed by atoms with Crippen molar-refractivity contribution in [2.45, 2.75) is 26.8 Å². The minimum absolute atomic E-state index is 0.0273. The molecule has 0 aliphatic rings. The second-order valence-electron chi connectivity index (χ2n) is 6.63. The fourth-order valence-corrected chi connectivity index (χ4v) is 2.44. The van der Waals surface area contributed by atoms with Gasteiger partial charge in [-0.15, -0.1) is 0 Å². The summed E-state index contributed by atoms with van der Waals surface area (Å²) in [7, 11) is 1.72. The average molecular weight is 367 g/mol. The molecule has 6 heteroatoms. The molecule has 0 saturated carbocycles. The van der Waals surface area contributed by atoms with E-state index in [4.69, 9.17) is 0 Å². The molecule has 0 aliphatic carbocycles. The highest BCUT2D eigenvalue weighted by molar-refractivity contribution is 5.97. The molecule has 6 nitrogen and oxygen atoms in total. The van der Waals surface area contributed by atoms with Crippen LogP contribution >= 0.6 is 0 Å². The number of hydrogen-bond acceptors (Lipinski definition) is 4. The fraction of sp³-hybridized carbons (Fsp3) is 0.286. The zero-order chi connectivity index (χ0) is 20.0. The van der Waals surface area contributed by atoms with Crippen molar-refractivity contribution in [1.82, 2.24) is 4.90 Å². The minimum atomic E-state index is -0.499. The number of nitrogens with zero attached hydrogens (tertiary/aromatic N) is 1. The normalized spacial score (nSPS) is 11.7. The number of benzene rings is 2. The van der Waals surface area contributed by atoms with Gasteiger partial charge in [-0.25, -0.2) is 0 Å². The van der Waals surface area contributed by atoms with Crippen molar-refractivity contribution in [3.8, 4) is 0 Å². The molecule has 2 rings (SSSR count). The Morgan fingerprint density at radius 2 is 1.44 bits per heavy atom. The van der Waals surface area contributed by atoms with E-state index in [0.29, 0.717) is 11.3 Å². The Morgan fingerprint density at radius 1 is 0.926 bits per heavy atom. The Kier molecular flexibility index (Phi) is 6.85. The van der Waals surface area contributed by atoms with E-state index in [0.717, 1.165) is 11.3 Å². The van der Waals surface area contributed by atoms with Gasteiger partial charge in [0.1, 0.15) is 0 Å². The lowest BCUT2D eigenvalue weighted by Gasteiger charge is -2.23. The number of carbonyl (C=O) groups is 3. The van der Waals surface area contributed by atoms with Crippen LogP contribution in [-0.2, 0) is 9.59 Å². The molecule has 2 aromatic carbocycles. The fourth-order valence-electron chi connectivity index (χ4n) is 2.44. The van der Waals surface area contributed by atoms with E-state index in [9.17, 15) is 14.4 Å². The minimum Gasteiger partial charge on any atom is -0.325 e. The molecular formula is C21H25N3O3. The quantitative estimate of drug-likeness (QED) is 0.737.